The average molecular weight is 255 g/mol. The third-order valence-electron chi connectivity index (χ3n) is 3.29. The lowest BCUT2D eigenvalue weighted by Crippen LogP contribution is -2.34. The van der Waals surface area contributed by atoms with Gasteiger partial charge in [0.15, 0.2) is 0 Å². The quantitative estimate of drug-likeness (QED) is 0.899. The Balaban J connectivity index is 2.02. The van der Waals surface area contributed by atoms with E-state index >= 15 is 0 Å². The molecule has 0 saturated carbocycles. The van der Waals surface area contributed by atoms with E-state index in [0.29, 0.717) is 19.5 Å². The summed E-state index contributed by atoms with van der Waals surface area (Å²) >= 11 is 0. The zero-order chi connectivity index (χ0) is 13.1. The number of nitrogens with zero attached hydrogens (tertiary/aromatic N) is 1. The molecule has 1 atom stereocenters. The van der Waals surface area contributed by atoms with Crippen LogP contribution in [0.3, 0.4) is 0 Å². The number of likely N-dealkylation sites (tertiary alicyclic amines) is 1. The average Bonchev–Trinajstić information content (AvgIpc) is 2.78. The molecule has 1 aliphatic rings. The smallest absolute Gasteiger partial charge is 0.335 e. The van der Waals surface area contributed by atoms with E-state index < -0.39 is 18.4 Å². The van der Waals surface area contributed by atoms with Gasteiger partial charge >= 0.3 is 5.97 Å². The molecule has 3 nitrogen and oxygen atoms in total. The van der Waals surface area contributed by atoms with Gasteiger partial charge < -0.3 is 5.11 Å². The SMILES string of the molecule is O=C(O)c1ccc(CN2CCC[C@@H]2C(F)F)cc1. The van der Waals surface area contributed by atoms with Gasteiger partial charge in [0.05, 0.1) is 11.6 Å². The number of halogens is 2. The number of carboxylic acid groups (broad SMARTS) is 1. The van der Waals surface area contributed by atoms with Gasteiger partial charge in [-0.05, 0) is 37.1 Å². The summed E-state index contributed by atoms with van der Waals surface area (Å²) in [5.41, 5.74) is 1.08. The minimum absolute atomic E-state index is 0.214. The largest absolute Gasteiger partial charge is 0.478 e. The Morgan fingerprint density at radius 1 is 1.39 bits per heavy atom. The van der Waals surface area contributed by atoms with Crippen LogP contribution in [-0.2, 0) is 6.54 Å². The first kappa shape index (κ1) is 13.0. The molecular weight excluding hydrogens is 240 g/mol. The molecule has 0 bridgehead atoms. The second kappa shape index (κ2) is 5.44. The van der Waals surface area contributed by atoms with Gasteiger partial charge in [0.1, 0.15) is 0 Å². The van der Waals surface area contributed by atoms with E-state index in [1.807, 2.05) is 0 Å². The number of hydrogen-bond donors (Lipinski definition) is 1. The van der Waals surface area contributed by atoms with Crippen molar-refractivity contribution in [3.8, 4) is 0 Å². The van der Waals surface area contributed by atoms with Crippen LogP contribution in [0.1, 0.15) is 28.8 Å². The molecule has 0 aliphatic carbocycles. The molecule has 5 heteroatoms. The molecule has 0 unspecified atom stereocenters. The summed E-state index contributed by atoms with van der Waals surface area (Å²) < 4.78 is 25.5. The van der Waals surface area contributed by atoms with Crippen LogP contribution in [-0.4, -0.2) is 35.0 Å². The van der Waals surface area contributed by atoms with Crippen molar-refractivity contribution in [2.45, 2.75) is 31.9 Å². The van der Waals surface area contributed by atoms with Crippen LogP contribution in [0.5, 0.6) is 0 Å². The summed E-state index contributed by atoms with van der Waals surface area (Å²) in [4.78, 5) is 12.5. The zero-order valence-corrected chi connectivity index (χ0v) is 9.85. The molecule has 1 aromatic rings. The van der Waals surface area contributed by atoms with Crippen LogP contribution in [0.25, 0.3) is 0 Å². The summed E-state index contributed by atoms with van der Waals surface area (Å²) in [6.07, 6.45) is -0.988. The van der Waals surface area contributed by atoms with Crippen molar-refractivity contribution in [3.63, 3.8) is 0 Å². The topological polar surface area (TPSA) is 40.5 Å². The zero-order valence-electron chi connectivity index (χ0n) is 9.85. The maximum atomic E-state index is 12.7. The molecule has 18 heavy (non-hydrogen) atoms. The fourth-order valence-electron chi connectivity index (χ4n) is 2.32. The molecule has 1 aliphatic heterocycles. The maximum absolute atomic E-state index is 12.7. The lowest BCUT2D eigenvalue weighted by Gasteiger charge is -2.23. The third kappa shape index (κ3) is 2.85. The lowest BCUT2D eigenvalue weighted by molar-refractivity contribution is 0.0440. The highest BCUT2D eigenvalue weighted by atomic mass is 19.3. The Bertz CT molecular complexity index is 420. The van der Waals surface area contributed by atoms with Crippen LogP contribution < -0.4 is 0 Å². The minimum Gasteiger partial charge on any atom is -0.478 e. The molecular formula is C13H15F2NO2. The predicted octanol–water partition coefficient (Wildman–Crippen LogP) is 2.61. The van der Waals surface area contributed by atoms with Gasteiger partial charge in [-0.25, -0.2) is 13.6 Å². The molecule has 0 aromatic heterocycles. The van der Waals surface area contributed by atoms with E-state index in [-0.39, 0.29) is 5.56 Å². The number of alkyl halides is 2. The Kier molecular flexibility index (Phi) is 3.91. The number of hydrogen-bond acceptors (Lipinski definition) is 2. The third-order valence-corrected chi connectivity index (χ3v) is 3.29. The number of benzene rings is 1. The van der Waals surface area contributed by atoms with Crippen molar-refractivity contribution in [3.05, 3.63) is 35.4 Å². The molecule has 1 saturated heterocycles. The van der Waals surface area contributed by atoms with E-state index in [1.165, 1.54) is 12.1 Å². The fourth-order valence-corrected chi connectivity index (χ4v) is 2.32. The first-order valence-corrected chi connectivity index (χ1v) is 5.92. The molecule has 0 spiro atoms. The predicted molar refractivity (Wildman–Crippen MR) is 62.8 cm³/mol. The van der Waals surface area contributed by atoms with Crippen molar-refractivity contribution in [1.82, 2.24) is 4.90 Å². The molecule has 1 heterocycles. The van der Waals surface area contributed by atoms with Gasteiger partial charge in [0, 0.05) is 6.54 Å². The molecule has 2 rings (SSSR count). The number of carbonyl (C=O) groups is 1. The molecule has 98 valence electrons. The van der Waals surface area contributed by atoms with Crippen LogP contribution in [0.2, 0.25) is 0 Å². The second-order valence-electron chi connectivity index (χ2n) is 4.52. The minimum atomic E-state index is -2.31. The first-order valence-electron chi connectivity index (χ1n) is 5.92. The van der Waals surface area contributed by atoms with Crippen LogP contribution in [0.4, 0.5) is 8.78 Å². The van der Waals surface area contributed by atoms with E-state index in [1.54, 1.807) is 17.0 Å². The highest BCUT2D eigenvalue weighted by Gasteiger charge is 2.31. The number of rotatable bonds is 4. The van der Waals surface area contributed by atoms with Crippen molar-refractivity contribution in [2.24, 2.45) is 0 Å². The van der Waals surface area contributed by atoms with Gasteiger partial charge in [-0.15, -0.1) is 0 Å². The van der Waals surface area contributed by atoms with Crippen LogP contribution in [0.15, 0.2) is 24.3 Å². The van der Waals surface area contributed by atoms with E-state index in [0.717, 1.165) is 12.0 Å². The molecule has 1 N–H and O–H groups in total. The summed E-state index contributed by atoms with van der Waals surface area (Å²) in [7, 11) is 0. The van der Waals surface area contributed by atoms with Gasteiger partial charge in [-0.2, -0.15) is 0 Å². The van der Waals surface area contributed by atoms with Crippen LogP contribution in [0, 0.1) is 0 Å². The number of carboxylic acids is 1. The molecule has 0 radical (unpaired) electrons. The highest BCUT2D eigenvalue weighted by Crippen LogP contribution is 2.24. The normalized spacial score (nSPS) is 20.5. The molecule has 1 fully saturated rings. The van der Waals surface area contributed by atoms with E-state index in [2.05, 4.69) is 0 Å². The van der Waals surface area contributed by atoms with Crippen molar-refractivity contribution in [1.29, 1.82) is 0 Å². The standard InChI is InChI=1S/C13H15F2NO2/c14-12(15)11-2-1-7-16(11)8-9-3-5-10(6-4-9)13(17)18/h3-6,11-12H,1-2,7-8H2,(H,17,18)/t11-/m1/s1. The Morgan fingerprint density at radius 2 is 2.06 bits per heavy atom. The number of aromatic carboxylic acids is 1. The summed E-state index contributed by atoms with van der Waals surface area (Å²) in [5, 5.41) is 8.77. The fraction of sp³-hybridized carbons (Fsp3) is 0.462. The van der Waals surface area contributed by atoms with Crippen LogP contribution >= 0.6 is 0 Å². The van der Waals surface area contributed by atoms with Crippen molar-refractivity contribution in [2.75, 3.05) is 6.54 Å². The van der Waals surface area contributed by atoms with E-state index in [4.69, 9.17) is 5.11 Å². The van der Waals surface area contributed by atoms with Gasteiger partial charge in [0.25, 0.3) is 6.43 Å². The van der Waals surface area contributed by atoms with Gasteiger partial charge in [-0.1, -0.05) is 12.1 Å². The second-order valence-corrected chi connectivity index (χ2v) is 4.52. The van der Waals surface area contributed by atoms with Gasteiger partial charge in [0.2, 0.25) is 0 Å². The lowest BCUT2D eigenvalue weighted by atomic mass is 10.1. The Hall–Kier alpha value is -1.49. The summed E-state index contributed by atoms with van der Waals surface area (Å²) in [5.74, 6) is -0.979. The maximum Gasteiger partial charge on any atom is 0.335 e. The summed E-state index contributed by atoms with van der Waals surface area (Å²) in [6, 6.07) is 5.72. The van der Waals surface area contributed by atoms with Crippen molar-refractivity contribution >= 4 is 5.97 Å². The molecule has 1 aromatic carbocycles. The summed E-state index contributed by atoms with van der Waals surface area (Å²) in [6.45, 7) is 1.13. The molecule has 0 amide bonds. The first-order chi connectivity index (χ1) is 8.58. The van der Waals surface area contributed by atoms with E-state index in [9.17, 15) is 13.6 Å². The highest BCUT2D eigenvalue weighted by molar-refractivity contribution is 5.87. The Morgan fingerprint density at radius 3 is 2.61 bits per heavy atom. The van der Waals surface area contributed by atoms with Crippen molar-refractivity contribution < 1.29 is 18.7 Å². The Labute approximate surface area is 104 Å². The van der Waals surface area contributed by atoms with Gasteiger partial charge in [-0.3, -0.25) is 4.90 Å². The monoisotopic (exact) mass is 255 g/mol.